The van der Waals surface area contributed by atoms with E-state index < -0.39 is 58.0 Å². The fraction of sp³-hybridized carbons (Fsp3) is 0.500. The van der Waals surface area contributed by atoms with Gasteiger partial charge in [-0.25, -0.2) is 0 Å². The van der Waals surface area contributed by atoms with Crippen LogP contribution in [0.2, 0.25) is 0 Å². The second-order valence-electron chi connectivity index (χ2n) is 13.4. The van der Waals surface area contributed by atoms with Crippen molar-refractivity contribution in [3.63, 3.8) is 0 Å². The molecule has 0 aromatic heterocycles. The van der Waals surface area contributed by atoms with Crippen LogP contribution >= 0.6 is 0 Å². The Hall–Kier alpha value is -3.93. The molecule has 4 rings (SSSR count). The van der Waals surface area contributed by atoms with Crippen molar-refractivity contribution in [3.05, 3.63) is 63.0 Å². The van der Waals surface area contributed by atoms with Gasteiger partial charge in [0.05, 0.1) is 11.6 Å². The molecule has 1 aromatic carbocycles. The Balaban J connectivity index is 1.91. The monoisotopic (exact) mass is 622 g/mol. The number of carbonyl (C=O) groups excluding carboxylic acids is 3. The first-order valence-corrected chi connectivity index (χ1v) is 15.1. The summed E-state index contributed by atoms with van der Waals surface area (Å²) in [6, 6.07) is 0.769. The first-order chi connectivity index (χ1) is 20.9. The van der Waals surface area contributed by atoms with E-state index in [-0.39, 0.29) is 29.7 Å². The van der Waals surface area contributed by atoms with Crippen LogP contribution in [0.15, 0.2) is 46.3 Å². The molecule has 0 aliphatic heterocycles. The Morgan fingerprint density at radius 1 is 1.02 bits per heavy atom. The third-order valence-electron chi connectivity index (χ3n) is 9.17. The normalized spacial score (nSPS) is 24.4. The van der Waals surface area contributed by atoms with Gasteiger partial charge in [-0.15, -0.1) is 0 Å². The quantitative estimate of drug-likeness (QED) is 0.204. The van der Waals surface area contributed by atoms with Crippen LogP contribution in [0.4, 0.5) is 5.69 Å². The van der Waals surface area contributed by atoms with Crippen molar-refractivity contribution in [3.8, 4) is 5.75 Å². The van der Waals surface area contributed by atoms with Crippen LogP contribution in [-0.4, -0.2) is 101 Å². The molecule has 1 fully saturated rings. The standard InChI is InChI=1S/C34H46N4O7/c1-17(2)9-11-38(12-10-18(3)4)16-20-15-23(36(5)6)21-13-19-14-22-27(37(7)8)30(41)26(33(35)44)32(43)34(22,45)31(42)24(19)29(40)25(21)28(20)39/h9-10,15,19,22,27,39-40,43,45H,11-14,16H2,1-8H3,(H2,35,44)/t19-,22-,27-,34-/m0/s1. The van der Waals surface area contributed by atoms with Crippen LogP contribution in [-0.2, 0) is 27.3 Å². The maximum absolute atomic E-state index is 14.2. The van der Waals surface area contributed by atoms with Crippen molar-refractivity contribution in [2.45, 2.75) is 58.7 Å². The summed E-state index contributed by atoms with van der Waals surface area (Å²) in [7, 11) is 6.88. The van der Waals surface area contributed by atoms with Gasteiger partial charge in [0.25, 0.3) is 5.91 Å². The van der Waals surface area contributed by atoms with E-state index in [1.807, 2.05) is 52.8 Å². The van der Waals surface area contributed by atoms with Crippen LogP contribution in [0, 0.1) is 11.8 Å². The minimum Gasteiger partial charge on any atom is -0.508 e. The van der Waals surface area contributed by atoms with Crippen molar-refractivity contribution in [2.75, 3.05) is 46.2 Å². The summed E-state index contributed by atoms with van der Waals surface area (Å²) in [5.41, 5.74) is 6.09. The summed E-state index contributed by atoms with van der Waals surface area (Å²) in [4.78, 5) is 45.3. The lowest BCUT2D eigenvalue weighted by Crippen LogP contribution is -2.65. The number of benzene rings is 1. The minimum absolute atomic E-state index is 0.0420. The number of aromatic hydroxyl groups is 1. The van der Waals surface area contributed by atoms with E-state index in [0.717, 1.165) is 16.8 Å². The predicted molar refractivity (Wildman–Crippen MR) is 173 cm³/mol. The van der Waals surface area contributed by atoms with Crippen LogP contribution < -0.4 is 10.6 Å². The van der Waals surface area contributed by atoms with E-state index in [1.54, 1.807) is 14.1 Å². The number of anilines is 1. The molecule has 0 unspecified atom stereocenters. The van der Waals surface area contributed by atoms with Crippen LogP contribution in [0.5, 0.6) is 5.75 Å². The van der Waals surface area contributed by atoms with Gasteiger partial charge < -0.3 is 31.1 Å². The smallest absolute Gasteiger partial charge is 0.255 e. The molecule has 6 N–H and O–H groups in total. The summed E-state index contributed by atoms with van der Waals surface area (Å²) in [5.74, 6) is -6.58. The highest BCUT2D eigenvalue weighted by atomic mass is 16.3. The van der Waals surface area contributed by atoms with E-state index in [9.17, 15) is 34.8 Å². The number of likely N-dealkylation sites (N-methyl/N-ethyl adjacent to an activating group) is 1. The summed E-state index contributed by atoms with van der Waals surface area (Å²) in [5, 5.41) is 46.5. The molecule has 3 aliphatic carbocycles. The van der Waals surface area contributed by atoms with E-state index in [2.05, 4.69) is 17.1 Å². The number of nitrogens with zero attached hydrogens (tertiary/aromatic N) is 3. The fourth-order valence-corrected chi connectivity index (χ4v) is 6.93. The number of rotatable bonds is 9. The number of ketones is 2. The molecule has 0 heterocycles. The molecule has 1 aromatic rings. The second-order valence-corrected chi connectivity index (χ2v) is 13.4. The van der Waals surface area contributed by atoms with Gasteiger partial charge in [0, 0.05) is 56.5 Å². The maximum atomic E-state index is 14.2. The Bertz CT molecular complexity index is 1540. The topological polar surface area (TPSA) is 168 Å². The number of phenols is 1. The summed E-state index contributed by atoms with van der Waals surface area (Å²) < 4.78 is 0. The highest BCUT2D eigenvalue weighted by Crippen LogP contribution is 2.54. The van der Waals surface area contributed by atoms with Crippen molar-refractivity contribution < 1.29 is 34.8 Å². The van der Waals surface area contributed by atoms with E-state index >= 15 is 0 Å². The molecular weight excluding hydrogens is 576 g/mol. The van der Waals surface area contributed by atoms with Crippen LogP contribution in [0.25, 0.3) is 5.76 Å². The third kappa shape index (κ3) is 5.80. The summed E-state index contributed by atoms with van der Waals surface area (Å²) in [6.07, 6.45) is 4.47. The van der Waals surface area contributed by atoms with E-state index in [4.69, 9.17) is 5.73 Å². The molecule has 11 heteroatoms. The lowest BCUT2D eigenvalue weighted by molar-refractivity contribution is -0.153. The minimum atomic E-state index is -2.67. The van der Waals surface area contributed by atoms with Gasteiger partial charge in [0.15, 0.2) is 11.4 Å². The van der Waals surface area contributed by atoms with Gasteiger partial charge in [0.1, 0.15) is 22.8 Å². The highest BCUT2D eigenvalue weighted by Gasteiger charge is 2.64. The van der Waals surface area contributed by atoms with Crippen molar-refractivity contribution in [1.29, 1.82) is 0 Å². The first kappa shape index (κ1) is 34.0. The van der Waals surface area contributed by atoms with Crippen molar-refractivity contribution in [2.24, 2.45) is 17.6 Å². The molecule has 0 spiro atoms. The van der Waals surface area contributed by atoms with Gasteiger partial charge >= 0.3 is 0 Å². The lowest BCUT2D eigenvalue weighted by atomic mass is 9.57. The molecule has 1 amide bonds. The number of Topliss-reactive ketones (excluding diaryl/α,β-unsaturated/α-hetero) is 2. The maximum Gasteiger partial charge on any atom is 0.255 e. The van der Waals surface area contributed by atoms with Crippen molar-refractivity contribution in [1.82, 2.24) is 9.80 Å². The molecule has 0 saturated heterocycles. The number of aliphatic hydroxyl groups excluding tert-OH is 2. The number of allylic oxidation sites excluding steroid dienone is 2. The van der Waals surface area contributed by atoms with E-state index in [0.29, 0.717) is 30.8 Å². The number of hydrogen-bond donors (Lipinski definition) is 5. The van der Waals surface area contributed by atoms with Crippen LogP contribution in [0.1, 0.15) is 50.8 Å². The third-order valence-corrected chi connectivity index (χ3v) is 9.17. The average molecular weight is 623 g/mol. The summed E-state index contributed by atoms with van der Waals surface area (Å²) in [6.45, 7) is 9.66. The molecule has 4 atom stereocenters. The largest absolute Gasteiger partial charge is 0.508 e. The van der Waals surface area contributed by atoms with Gasteiger partial charge in [-0.1, -0.05) is 23.3 Å². The second kappa shape index (κ2) is 12.5. The molecular formula is C34H46N4O7. The number of nitrogens with two attached hydrogens (primary N) is 1. The number of fused-ring (bicyclic) bond motifs is 3. The van der Waals surface area contributed by atoms with Crippen LogP contribution in [0.3, 0.4) is 0 Å². The van der Waals surface area contributed by atoms with Gasteiger partial charge in [-0.3, -0.25) is 24.2 Å². The van der Waals surface area contributed by atoms with Gasteiger partial charge in [-0.2, -0.15) is 0 Å². The Morgan fingerprint density at radius 2 is 1.60 bits per heavy atom. The van der Waals surface area contributed by atoms with Gasteiger partial charge in [0.2, 0.25) is 5.78 Å². The van der Waals surface area contributed by atoms with E-state index in [1.165, 1.54) is 4.90 Å². The molecule has 3 aliphatic rings. The number of carbonyl (C=O) groups is 3. The Labute approximate surface area is 264 Å². The van der Waals surface area contributed by atoms with Gasteiger partial charge in [-0.05, 0) is 72.2 Å². The summed E-state index contributed by atoms with van der Waals surface area (Å²) >= 11 is 0. The fourth-order valence-electron chi connectivity index (χ4n) is 6.93. The highest BCUT2D eigenvalue weighted by molar-refractivity contribution is 6.24. The average Bonchev–Trinajstić information content (AvgIpc) is 2.92. The molecule has 0 radical (unpaired) electrons. The molecule has 45 heavy (non-hydrogen) atoms. The number of hydrogen-bond acceptors (Lipinski definition) is 10. The molecule has 0 bridgehead atoms. The zero-order valence-corrected chi connectivity index (χ0v) is 27.4. The Kier molecular flexibility index (Phi) is 9.40. The zero-order valence-electron chi connectivity index (χ0n) is 27.4. The number of primary amides is 1. The predicted octanol–water partition coefficient (Wildman–Crippen LogP) is 2.76. The SMILES string of the molecule is CC(C)=CCN(CC=C(C)C)Cc1cc(N(C)C)c2c(c1O)C(O)=C1C(=O)[C@]3(O)C(O)=C(C(N)=O)C(=O)[C@@H](N(C)C)[C@@H]3C[C@@H]1C2. The lowest BCUT2D eigenvalue weighted by Gasteiger charge is -2.50. The van der Waals surface area contributed by atoms with Crippen molar-refractivity contribution >= 4 is 28.9 Å². The first-order valence-electron chi connectivity index (χ1n) is 15.1. The Morgan fingerprint density at radius 3 is 2.09 bits per heavy atom. The zero-order chi connectivity index (χ0) is 33.7. The molecule has 244 valence electrons. The number of amides is 1. The number of phenolic OH excluding ortho intramolecular Hbond substituents is 1. The molecule has 11 nitrogen and oxygen atoms in total. The molecule has 1 saturated carbocycles. The number of aliphatic hydroxyl groups is 3.